The molecule has 0 saturated carbocycles. The maximum absolute atomic E-state index is 5.21. The molecule has 80 valence electrons. The van der Waals surface area contributed by atoms with Crippen LogP contribution in [0.4, 0.5) is 0 Å². The quantitative estimate of drug-likeness (QED) is 0.836. The summed E-state index contributed by atoms with van der Waals surface area (Å²) in [6.07, 6.45) is 0.888. The fraction of sp³-hybridized carbons (Fsp3) is 0.364. The molecule has 4 heteroatoms. The molecule has 0 saturated heterocycles. The van der Waals surface area contributed by atoms with Crippen molar-refractivity contribution in [1.29, 1.82) is 0 Å². The molecule has 15 heavy (non-hydrogen) atoms. The number of benzene rings is 1. The van der Waals surface area contributed by atoms with E-state index in [0.717, 1.165) is 29.0 Å². The fourth-order valence-corrected chi connectivity index (χ4v) is 1.56. The predicted octanol–water partition coefficient (Wildman–Crippen LogP) is 2.14. The third-order valence-corrected chi connectivity index (χ3v) is 2.37. The van der Waals surface area contributed by atoms with Crippen molar-refractivity contribution in [2.45, 2.75) is 13.3 Å². The van der Waals surface area contributed by atoms with E-state index in [9.17, 15) is 0 Å². The topological polar surface area (TPSA) is 47.1 Å². The number of hydrogen-bond acceptors (Lipinski definition) is 3. The van der Waals surface area contributed by atoms with Gasteiger partial charge in [-0.05, 0) is 0 Å². The lowest BCUT2D eigenvalue weighted by Crippen LogP contribution is -1.89. The number of imidazole rings is 1. The second kappa shape index (κ2) is 3.81. The van der Waals surface area contributed by atoms with Gasteiger partial charge in [0.25, 0.3) is 0 Å². The Labute approximate surface area is 88.2 Å². The molecule has 0 atom stereocenters. The van der Waals surface area contributed by atoms with Crippen LogP contribution < -0.4 is 9.47 Å². The molecule has 0 spiro atoms. The van der Waals surface area contributed by atoms with Crippen LogP contribution in [0.3, 0.4) is 0 Å². The van der Waals surface area contributed by atoms with E-state index in [1.54, 1.807) is 14.2 Å². The van der Waals surface area contributed by atoms with Crippen LogP contribution in [0.25, 0.3) is 11.0 Å². The minimum atomic E-state index is 0.708. The molecule has 1 N–H and O–H groups in total. The highest BCUT2D eigenvalue weighted by molar-refractivity contribution is 5.79. The number of rotatable bonds is 3. The van der Waals surface area contributed by atoms with Gasteiger partial charge in [-0.3, -0.25) is 0 Å². The zero-order valence-electron chi connectivity index (χ0n) is 9.13. The molecule has 0 unspecified atom stereocenters. The van der Waals surface area contributed by atoms with Gasteiger partial charge in [0.05, 0.1) is 25.3 Å². The maximum Gasteiger partial charge on any atom is 0.163 e. The van der Waals surface area contributed by atoms with Crippen molar-refractivity contribution in [2.24, 2.45) is 0 Å². The molecular weight excluding hydrogens is 192 g/mol. The number of nitrogens with one attached hydrogen (secondary N) is 1. The molecule has 0 aliphatic heterocycles. The summed E-state index contributed by atoms with van der Waals surface area (Å²) in [6, 6.07) is 3.78. The molecule has 1 aromatic carbocycles. The standard InChI is InChI=1S/C11H14N2O2/c1-4-11-12-7-5-9(14-2)10(15-3)6-8(7)13-11/h5-6H,4H2,1-3H3,(H,12,13). The predicted molar refractivity (Wildman–Crippen MR) is 58.6 cm³/mol. The Morgan fingerprint density at radius 1 is 1.20 bits per heavy atom. The Morgan fingerprint density at radius 3 is 2.47 bits per heavy atom. The minimum Gasteiger partial charge on any atom is -0.493 e. The number of aromatic nitrogens is 2. The van der Waals surface area contributed by atoms with E-state index in [1.807, 2.05) is 12.1 Å². The molecule has 0 fully saturated rings. The summed E-state index contributed by atoms with van der Waals surface area (Å²) in [5, 5.41) is 0. The van der Waals surface area contributed by atoms with Crippen molar-refractivity contribution in [3.63, 3.8) is 0 Å². The number of ether oxygens (including phenoxy) is 2. The van der Waals surface area contributed by atoms with Gasteiger partial charge in [0.1, 0.15) is 5.82 Å². The first-order valence-corrected chi connectivity index (χ1v) is 4.89. The van der Waals surface area contributed by atoms with Crippen molar-refractivity contribution < 1.29 is 9.47 Å². The van der Waals surface area contributed by atoms with E-state index in [0.29, 0.717) is 5.75 Å². The zero-order valence-corrected chi connectivity index (χ0v) is 9.13. The number of aryl methyl sites for hydroxylation is 1. The SMILES string of the molecule is CCc1nc2cc(OC)c(OC)cc2[nH]1. The van der Waals surface area contributed by atoms with Crippen molar-refractivity contribution >= 4 is 11.0 Å². The van der Waals surface area contributed by atoms with Crippen LogP contribution in [-0.4, -0.2) is 24.2 Å². The van der Waals surface area contributed by atoms with Crippen molar-refractivity contribution in [3.05, 3.63) is 18.0 Å². The van der Waals surface area contributed by atoms with Crippen molar-refractivity contribution in [3.8, 4) is 11.5 Å². The average molecular weight is 206 g/mol. The van der Waals surface area contributed by atoms with Crippen molar-refractivity contribution in [2.75, 3.05) is 14.2 Å². The molecule has 0 aliphatic rings. The van der Waals surface area contributed by atoms with Gasteiger partial charge in [0, 0.05) is 18.6 Å². The summed E-state index contributed by atoms with van der Waals surface area (Å²) in [4.78, 5) is 7.65. The zero-order chi connectivity index (χ0) is 10.8. The van der Waals surface area contributed by atoms with Gasteiger partial charge in [0.2, 0.25) is 0 Å². The Kier molecular flexibility index (Phi) is 2.49. The lowest BCUT2D eigenvalue weighted by atomic mass is 10.3. The van der Waals surface area contributed by atoms with Gasteiger partial charge >= 0.3 is 0 Å². The maximum atomic E-state index is 5.21. The van der Waals surface area contributed by atoms with Gasteiger partial charge in [0.15, 0.2) is 11.5 Å². The lowest BCUT2D eigenvalue weighted by molar-refractivity contribution is 0.356. The third-order valence-electron chi connectivity index (χ3n) is 2.37. The van der Waals surface area contributed by atoms with Crippen LogP contribution in [0, 0.1) is 0 Å². The first-order chi connectivity index (χ1) is 7.28. The van der Waals surface area contributed by atoms with Crippen LogP contribution in [0.2, 0.25) is 0 Å². The highest BCUT2D eigenvalue weighted by Crippen LogP contribution is 2.30. The molecule has 0 amide bonds. The summed E-state index contributed by atoms with van der Waals surface area (Å²) in [7, 11) is 3.25. The first kappa shape index (κ1) is 9.83. The number of H-pyrrole nitrogens is 1. The second-order valence-corrected chi connectivity index (χ2v) is 3.26. The monoisotopic (exact) mass is 206 g/mol. The Hall–Kier alpha value is -1.71. The number of methoxy groups -OCH3 is 2. The van der Waals surface area contributed by atoms with Crippen LogP contribution in [0.5, 0.6) is 11.5 Å². The Bertz CT molecular complexity index is 436. The van der Waals surface area contributed by atoms with Gasteiger partial charge in [-0.1, -0.05) is 6.92 Å². The summed E-state index contributed by atoms with van der Waals surface area (Å²) in [6.45, 7) is 2.06. The summed E-state index contributed by atoms with van der Waals surface area (Å²) >= 11 is 0. The number of fused-ring (bicyclic) bond motifs is 1. The molecule has 0 bridgehead atoms. The molecule has 1 heterocycles. The largest absolute Gasteiger partial charge is 0.493 e. The lowest BCUT2D eigenvalue weighted by Gasteiger charge is -2.06. The molecule has 1 aromatic heterocycles. The Balaban J connectivity index is 2.61. The van der Waals surface area contributed by atoms with E-state index in [4.69, 9.17) is 9.47 Å². The number of hydrogen-bond donors (Lipinski definition) is 1. The molecule has 0 aliphatic carbocycles. The number of aromatic amines is 1. The van der Waals surface area contributed by atoms with Crippen LogP contribution in [0.15, 0.2) is 12.1 Å². The highest BCUT2D eigenvalue weighted by atomic mass is 16.5. The van der Waals surface area contributed by atoms with Crippen LogP contribution in [0.1, 0.15) is 12.7 Å². The normalized spacial score (nSPS) is 10.6. The average Bonchev–Trinajstić information content (AvgIpc) is 2.68. The molecular formula is C11H14N2O2. The van der Waals surface area contributed by atoms with Crippen LogP contribution >= 0.6 is 0 Å². The fourth-order valence-electron chi connectivity index (χ4n) is 1.56. The smallest absolute Gasteiger partial charge is 0.163 e. The van der Waals surface area contributed by atoms with E-state index in [2.05, 4.69) is 16.9 Å². The molecule has 2 aromatic rings. The van der Waals surface area contributed by atoms with Crippen molar-refractivity contribution in [1.82, 2.24) is 9.97 Å². The summed E-state index contributed by atoms with van der Waals surface area (Å²) in [5.74, 6) is 2.40. The Morgan fingerprint density at radius 2 is 1.87 bits per heavy atom. The minimum absolute atomic E-state index is 0.708. The summed E-state index contributed by atoms with van der Waals surface area (Å²) in [5.41, 5.74) is 1.88. The van der Waals surface area contributed by atoms with Gasteiger partial charge in [-0.2, -0.15) is 0 Å². The van der Waals surface area contributed by atoms with E-state index >= 15 is 0 Å². The third kappa shape index (κ3) is 1.63. The molecule has 0 radical (unpaired) electrons. The van der Waals surface area contributed by atoms with Gasteiger partial charge < -0.3 is 14.5 Å². The van der Waals surface area contributed by atoms with Gasteiger partial charge in [-0.25, -0.2) is 4.98 Å². The molecule has 4 nitrogen and oxygen atoms in total. The van der Waals surface area contributed by atoms with E-state index < -0.39 is 0 Å². The number of nitrogens with zero attached hydrogens (tertiary/aromatic N) is 1. The van der Waals surface area contributed by atoms with E-state index in [-0.39, 0.29) is 0 Å². The second-order valence-electron chi connectivity index (χ2n) is 3.26. The van der Waals surface area contributed by atoms with E-state index in [1.165, 1.54) is 0 Å². The highest BCUT2D eigenvalue weighted by Gasteiger charge is 2.08. The van der Waals surface area contributed by atoms with Gasteiger partial charge in [-0.15, -0.1) is 0 Å². The van der Waals surface area contributed by atoms with Crippen LogP contribution in [-0.2, 0) is 6.42 Å². The first-order valence-electron chi connectivity index (χ1n) is 4.89. The summed E-state index contributed by atoms with van der Waals surface area (Å²) < 4.78 is 10.4. The molecule has 2 rings (SSSR count).